The summed E-state index contributed by atoms with van der Waals surface area (Å²) in [6, 6.07) is 6.63. The van der Waals surface area contributed by atoms with Crippen LogP contribution in [-0.2, 0) is 10.2 Å². The molecule has 0 aromatic heterocycles. The van der Waals surface area contributed by atoms with Crippen molar-refractivity contribution in [3.63, 3.8) is 0 Å². The van der Waals surface area contributed by atoms with Gasteiger partial charge in [-0.15, -0.1) is 0 Å². The van der Waals surface area contributed by atoms with Crippen LogP contribution in [0.15, 0.2) is 88.1 Å². The summed E-state index contributed by atoms with van der Waals surface area (Å²) in [4.78, 5) is 18.8. The van der Waals surface area contributed by atoms with Crippen LogP contribution >= 0.6 is 0 Å². The molecule has 0 aliphatic carbocycles. The van der Waals surface area contributed by atoms with Gasteiger partial charge in [-0.1, -0.05) is 97.7 Å². The highest BCUT2D eigenvalue weighted by atomic mass is 19.1. The molecule has 4 heteroatoms. The number of nitrogens with zero attached hydrogens (tertiary/aromatic N) is 1. The molecule has 1 unspecified atom stereocenters. The molecule has 248 valence electrons. The third-order valence-corrected chi connectivity index (χ3v) is 8.45. The number of halogens is 1. The van der Waals surface area contributed by atoms with E-state index in [-0.39, 0.29) is 11.7 Å². The number of rotatable bonds is 19. The molecule has 0 aliphatic rings. The second-order valence-electron chi connectivity index (χ2n) is 12.0. The maximum absolute atomic E-state index is 14.9. The molecule has 0 heterocycles. The van der Waals surface area contributed by atoms with Gasteiger partial charge in [-0.05, 0) is 112 Å². The molecule has 1 rings (SSSR count). The summed E-state index contributed by atoms with van der Waals surface area (Å²) in [7, 11) is 0. The van der Waals surface area contributed by atoms with Crippen molar-refractivity contribution in [1.82, 2.24) is 5.32 Å². The molecule has 0 saturated carbocycles. The standard InChI is InChI=1S/C41H61FN2O/c1-12-19-22-37(42)38(21-14-3)44-33(11)32(10)39(43-27-17-6)29-34(20-13-2)35-23-24-36(31(9)28-35)41(25-15-4,26-16-5)40(45)30(8)18-7/h14,19-24,27-30,44H,12-13,15-18,25-26H2,1-11H3/b21-14-,22-19+,33-32+,34-20-,38-37-,39-29+,43-27?. The van der Waals surface area contributed by atoms with Gasteiger partial charge in [0.25, 0.3) is 0 Å². The minimum Gasteiger partial charge on any atom is -0.356 e. The van der Waals surface area contributed by atoms with Crippen molar-refractivity contribution in [2.24, 2.45) is 10.9 Å². The average molecular weight is 617 g/mol. The Bertz CT molecular complexity index is 1310. The zero-order valence-corrected chi connectivity index (χ0v) is 30.2. The van der Waals surface area contributed by atoms with Crippen LogP contribution in [0.3, 0.4) is 0 Å². The second-order valence-corrected chi connectivity index (χ2v) is 12.0. The molecular weight excluding hydrogens is 555 g/mol. The Labute approximate surface area is 275 Å². The number of hydrogen-bond donors (Lipinski definition) is 1. The Morgan fingerprint density at radius 2 is 1.67 bits per heavy atom. The number of hydrogen-bond acceptors (Lipinski definition) is 3. The molecule has 1 aromatic rings. The summed E-state index contributed by atoms with van der Waals surface area (Å²) in [5.41, 5.74) is 7.06. The lowest BCUT2D eigenvalue weighted by Crippen LogP contribution is -2.40. The number of carbonyl (C=O) groups excluding carboxylic acids is 1. The first-order valence-electron chi connectivity index (χ1n) is 17.2. The summed E-state index contributed by atoms with van der Waals surface area (Å²) in [6.45, 7) is 22.8. The summed E-state index contributed by atoms with van der Waals surface area (Å²) >= 11 is 0. The average Bonchev–Trinajstić information content (AvgIpc) is 3.03. The van der Waals surface area contributed by atoms with E-state index in [9.17, 15) is 9.18 Å². The normalized spacial score (nSPS) is 15.2. The van der Waals surface area contributed by atoms with Gasteiger partial charge in [-0.2, -0.15) is 0 Å². The first-order valence-corrected chi connectivity index (χ1v) is 17.2. The lowest BCUT2D eigenvalue weighted by molar-refractivity contribution is -0.129. The zero-order valence-electron chi connectivity index (χ0n) is 30.2. The second kappa shape index (κ2) is 20.7. The van der Waals surface area contributed by atoms with E-state index < -0.39 is 5.41 Å². The van der Waals surface area contributed by atoms with Gasteiger partial charge in [0.2, 0.25) is 0 Å². The summed E-state index contributed by atoms with van der Waals surface area (Å²) < 4.78 is 14.9. The van der Waals surface area contributed by atoms with Crippen LogP contribution in [0.4, 0.5) is 4.39 Å². The van der Waals surface area contributed by atoms with Crippen LogP contribution in [0.25, 0.3) is 5.57 Å². The molecule has 0 amide bonds. The lowest BCUT2D eigenvalue weighted by Gasteiger charge is -2.36. The quantitative estimate of drug-likeness (QED) is 0.124. The SMILES string of the molecule is C\C=C/C(N/C(C)=C(C)/C(=C\C(=C\CC)c1ccc(C(CCC)(CCC)C(=O)C(C)CC)c(C)c1)N=CCC)=C(F)\C=C\CC. The van der Waals surface area contributed by atoms with Crippen molar-refractivity contribution in [2.75, 3.05) is 0 Å². The number of aryl methyl sites for hydroxylation is 1. The number of nitrogens with one attached hydrogen (secondary N) is 1. The van der Waals surface area contributed by atoms with E-state index in [1.807, 2.05) is 46.1 Å². The van der Waals surface area contributed by atoms with E-state index in [2.05, 4.69) is 84.1 Å². The highest BCUT2D eigenvalue weighted by molar-refractivity contribution is 5.92. The predicted octanol–water partition coefficient (Wildman–Crippen LogP) is 12.2. The van der Waals surface area contributed by atoms with E-state index in [1.54, 1.807) is 6.08 Å². The Hall–Kier alpha value is -3.27. The summed E-state index contributed by atoms with van der Waals surface area (Å²) in [5.74, 6) is 0.105. The molecule has 3 nitrogen and oxygen atoms in total. The molecule has 0 aliphatic heterocycles. The molecule has 0 spiro atoms. The monoisotopic (exact) mass is 616 g/mol. The first kappa shape index (κ1) is 39.8. The van der Waals surface area contributed by atoms with Crippen LogP contribution in [-0.4, -0.2) is 12.0 Å². The van der Waals surface area contributed by atoms with Crippen LogP contribution in [0, 0.1) is 12.8 Å². The number of aliphatic imine (C=N–C) groups is 1. The maximum atomic E-state index is 14.9. The largest absolute Gasteiger partial charge is 0.356 e. The minimum absolute atomic E-state index is 0.0329. The van der Waals surface area contributed by atoms with E-state index in [0.717, 1.165) is 85.0 Å². The molecule has 0 fully saturated rings. The molecule has 1 N–H and O–H groups in total. The van der Waals surface area contributed by atoms with E-state index >= 15 is 0 Å². The number of carbonyl (C=O) groups is 1. The molecule has 0 radical (unpaired) electrons. The Balaban J connectivity index is 3.82. The topological polar surface area (TPSA) is 41.5 Å². The van der Waals surface area contributed by atoms with Gasteiger partial charge in [0.15, 0.2) is 0 Å². The van der Waals surface area contributed by atoms with Crippen molar-refractivity contribution < 1.29 is 9.18 Å². The van der Waals surface area contributed by atoms with Gasteiger partial charge < -0.3 is 5.32 Å². The fourth-order valence-corrected chi connectivity index (χ4v) is 5.87. The molecular formula is C41H61FN2O. The van der Waals surface area contributed by atoms with Crippen molar-refractivity contribution in [3.05, 3.63) is 99.8 Å². The van der Waals surface area contributed by atoms with Crippen LogP contribution < -0.4 is 5.32 Å². The van der Waals surface area contributed by atoms with Crippen LogP contribution in [0.5, 0.6) is 0 Å². The van der Waals surface area contributed by atoms with Gasteiger partial charge in [-0.3, -0.25) is 9.79 Å². The van der Waals surface area contributed by atoms with Gasteiger partial charge in [0.1, 0.15) is 11.6 Å². The van der Waals surface area contributed by atoms with Crippen molar-refractivity contribution >= 4 is 17.6 Å². The maximum Gasteiger partial charge on any atom is 0.146 e. The number of ketones is 1. The smallest absolute Gasteiger partial charge is 0.146 e. The molecule has 1 atom stereocenters. The Kier molecular flexibility index (Phi) is 18.3. The fraction of sp³-hybridized carbons (Fsp3) is 0.512. The van der Waals surface area contributed by atoms with Gasteiger partial charge in [-0.25, -0.2) is 4.39 Å². The third kappa shape index (κ3) is 11.2. The third-order valence-electron chi connectivity index (χ3n) is 8.45. The number of benzene rings is 1. The van der Waals surface area contributed by atoms with E-state index in [0.29, 0.717) is 11.5 Å². The zero-order chi connectivity index (χ0) is 34.0. The van der Waals surface area contributed by atoms with Crippen LogP contribution in [0.2, 0.25) is 0 Å². The summed E-state index contributed by atoms with van der Waals surface area (Å²) in [5, 5.41) is 3.29. The molecule has 45 heavy (non-hydrogen) atoms. The van der Waals surface area contributed by atoms with Crippen molar-refractivity contribution in [3.8, 4) is 0 Å². The highest BCUT2D eigenvalue weighted by Crippen LogP contribution is 2.41. The summed E-state index contributed by atoms with van der Waals surface area (Å²) in [6.07, 6.45) is 20.1. The van der Waals surface area contributed by atoms with Crippen molar-refractivity contribution in [1.29, 1.82) is 0 Å². The van der Waals surface area contributed by atoms with Gasteiger partial charge in [0, 0.05) is 17.8 Å². The Morgan fingerprint density at radius 1 is 1.00 bits per heavy atom. The van der Waals surface area contributed by atoms with Crippen molar-refractivity contribution in [2.45, 2.75) is 133 Å². The van der Waals surface area contributed by atoms with E-state index in [1.165, 1.54) is 11.6 Å². The molecule has 1 aromatic carbocycles. The number of allylic oxidation sites excluding steroid dienone is 10. The van der Waals surface area contributed by atoms with Crippen LogP contribution in [0.1, 0.15) is 137 Å². The fourth-order valence-electron chi connectivity index (χ4n) is 5.87. The molecule has 0 saturated heterocycles. The minimum atomic E-state index is -0.454. The predicted molar refractivity (Wildman–Crippen MR) is 196 cm³/mol. The first-order chi connectivity index (χ1) is 21.5. The van der Waals surface area contributed by atoms with Gasteiger partial charge in [0.05, 0.1) is 16.8 Å². The van der Waals surface area contributed by atoms with E-state index in [4.69, 9.17) is 4.99 Å². The van der Waals surface area contributed by atoms with Gasteiger partial charge >= 0.3 is 0 Å². The Morgan fingerprint density at radius 3 is 2.18 bits per heavy atom. The number of Topliss-reactive ketones (excluding diaryl/α,β-unsaturated/α-hetero) is 1. The lowest BCUT2D eigenvalue weighted by atomic mass is 9.65. The highest BCUT2D eigenvalue weighted by Gasteiger charge is 2.41. The molecule has 0 bridgehead atoms.